The van der Waals surface area contributed by atoms with E-state index in [1.165, 1.54) is 18.2 Å². The second-order valence-corrected chi connectivity index (χ2v) is 4.94. The van der Waals surface area contributed by atoms with E-state index in [9.17, 15) is 14.5 Å². The van der Waals surface area contributed by atoms with Gasteiger partial charge in [0.2, 0.25) is 0 Å². The molecule has 0 amide bonds. The summed E-state index contributed by atoms with van der Waals surface area (Å²) in [5, 5.41) is 10.6. The van der Waals surface area contributed by atoms with Crippen LogP contribution in [0, 0.1) is 15.9 Å². The van der Waals surface area contributed by atoms with Crippen LogP contribution in [0.1, 0.15) is 5.56 Å². The third-order valence-electron chi connectivity index (χ3n) is 3.17. The van der Waals surface area contributed by atoms with Crippen molar-refractivity contribution < 1.29 is 14.1 Å². The van der Waals surface area contributed by atoms with Crippen LogP contribution >= 0.6 is 0 Å². The van der Waals surface area contributed by atoms with E-state index in [1.807, 2.05) is 11.9 Å². The fraction of sp³-hybridized carbons (Fsp3) is 0.250. The summed E-state index contributed by atoms with van der Waals surface area (Å²) in [6, 6.07) is 12.7. The van der Waals surface area contributed by atoms with Gasteiger partial charge in [0.15, 0.2) is 11.6 Å². The van der Waals surface area contributed by atoms with Crippen molar-refractivity contribution in [1.29, 1.82) is 0 Å². The molecule has 2 rings (SSSR count). The normalized spacial score (nSPS) is 10.7. The van der Waals surface area contributed by atoms with Crippen molar-refractivity contribution in [3.05, 3.63) is 70.0 Å². The van der Waals surface area contributed by atoms with Crippen LogP contribution in [0.2, 0.25) is 0 Å². The molecule has 0 spiro atoms. The van der Waals surface area contributed by atoms with Gasteiger partial charge in [0.25, 0.3) is 5.69 Å². The molecule has 0 bridgehead atoms. The van der Waals surface area contributed by atoms with Gasteiger partial charge in [-0.05, 0) is 24.7 Å². The lowest BCUT2D eigenvalue weighted by Crippen LogP contribution is -2.24. The quantitative estimate of drug-likeness (QED) is 0.582. The molecule has 0 aliphatic rings. The Morgan fingerprint density at radius 2 is 1.86 bits per heavy atom. The van der Waals surface area contributed by atoms with Crippen molar-refractivity contribution in [2.45, 2.75) is 6.54 Å². The number of rotatable bonds is 7. The SMILES string of the molecule is CN(CCOc1ccccc1F)Cc1ccc([N+](=O)[O-])cc1. The number of likely N-dealkylation sites (N-methyl/N-ethyl adjacent to an activating group) is 1. The van der Waals surface area contributed by atoms with E-state index in [0.29, 0.717) is 19.7 Å². The molecule has 0 aliphatic carbocycles. The lowest BCUT2D eigenvalue weighted by atomic mass is 10.2. The number of benzene rings is 2. The Bertz CT molecular complexity index is 632. The number of para-hydroxylation sites is 1. The lowest BCUT2D eigenvalue weighted by Gasteiger charge is -2.17. The summed E-state index contributed by atoms with van der Waals surface area (Å²) in [5.41, 5.74) is 1.05. The minimum atomic E-state index is -0.421. The van der Waals surface area contributed by atoms with Crippen molar-refractivity contribution in [2.24, 2.45) is 0 Å². The van der Waals surface area contributed by atoms with E-state index in [4.69, 9.17) is 4.74 Å². The van der Waals surface area contributed by atoms with E-state index in [2.05, 4.69) is 0 Å². The van der Waals surface area contributed by atoms with Crippen molar-refractivity contribution in [3.63, 3.8) is 0 Å². The molecule has 0 saturated carbocycles. The highest BCUT2D eigenvalue weighted by Crippen LogP contribution is 2.15. The lowest BCUT2D eigenvalue weighted by molar-refractivity contribution is -0.384. The summed E-state index contributed by atoms with van der Waals surface area (Å²) in [6.07, 6.45) is 0. The molecule has 0 unspecified atom stereocenters. The Hall–Kier alpha value is -2.47. The Balaban J connectivity index is 1.79. The molecule has 0 atom stereocenters. The number of ether oxygens (including phenoxy) is 1. The molecular formula is C16H17FN2O3. The van der Waals surface area contributed by atoms with Gasteiger partial charge in [-0.1, -0.05) is 24.3 Å². The average molecular weight is 304 g/mol. The third kappa shape index (κ3) is 4.53. The summed E-state index contributed by atoms with van der Waals surface area (Å²) >= 11 is 0. The highest BCUT2D eigenvalue weighted by Gasteiger charge is 2.06. The molecule has 0 fully saturated rings. The maximum Gasteiger partial charge on any atom is 0.269 e. The number of hydrogen-bond donors (Lipinski definition) is 0. The first-order valence-electron chi connectivity index (χ1n) is 6.85. The third-order valence-corrected chi connectivity index (χ3v) is 3.17. The monoisotopic (exact) mass is 304 g/mol. The second kappa shape index (κ2) is 7.51. The van der Waals surface area contributed by atoms with Crippen molar-refractivity contribution in [3.8, 4) is 5.75 Å². The number of nitro benzene ring substituents is 1. The number of hydrogen-bond acceptors (Lipinski definition) is 4. The molecule has 5 nitrogen and oxygen atoms in total. The van der Waals surface area contributed by atoms with Crippen LogP contribution in [0.4, 0.5) is 10.1 Å². The summed E-state index contributed by atoms with van der Waals surface area (Å²) in [7, 11) is 1.91. The van der Waals surface area contributed by atoms with Gasteiger partial charge < -0.3 is 4.74 Å². The molecule has 0 aromatic heterocycles. The predicted octanol–water partition coefficient (Wildman–Crippen LogP) is 3.24. The Morgan fingerprint density at radius 3 is 2.50 bits per heavy atom. The van der Waals surface area contributed by atoms with Gasteiger partial charge in [0.05, 0.1) is 4.92 Å². The Labute approximate surface area is 128 Å². The maximum atomic E-state index is 13.4. The molecule has 2 aromatic rings. The fourth-order valence-electron chi connectivity index (χ4n) is 1.99. The van der Waals surface area contributed by atoms with Gasteiger partial charge in [-0.2, -0.15) is 0 Å². The molecule has 0 N–H and O–H groups in total. The van der Waals surface area contributed by atoms with Crippen LogP contribution in [-0.2, 0) is 6.54 Å². The van der Waals surface area contributed by atoms with Crippen LogP contribution in [-0.4, -0.2) is 30.0 Å². The predicted molar refractivity (Wildman–Crippen MR) is 81.3 cm³/mol. The highest BCUT2D eigenvalue weighted by atomic mass is 19.1. The first-order valence-corrected chi connectivity index (χ1v) is 6.85. The summed E-state index contributed by atoms with van der Waals surface area (Å²) in [5.74, 6) is -0.133. The van der Waals surface area contributed by atoms with Crippen molar-refractivity contribution in [2.75, 3.05) is 20.2 Å². The van der Waals surface area contributed by atoms with E-state index < -0.39 is 4.92 Å². The van der Waals surface area contributed by atoms with Gasteiger partial charge in [-0.3, -0.25) is 15.0 Å². The number of halogens is 1. The van der Waals surface area contributed by atoms with E-state index in [0.717, 1.165) is 5.56 Å². The fourth-order valence-corrected chi connectivity index (χ4v) is 1.99. The zero-order valence-electron chi connectivity index (χ0n) is 12.2. The molecule has 0 heterocycles. The smallest absolute Gasteiger partial charge is 0.269 e. The zero-order valence-corrected chi connectivity index (χ0v) is 12.2. The molecule has 0 radical (unpaired) electrons. The van der Waals surface area contributed by atoms with Gasteiger partial charge in [-0.15, -0.1) is 0 Å². The highest BCUT2D eigenvalue weighted by molar-refractivity contribution is 5.32. The van der Waals surface area contributed by atoms with Crippen molar-refractivity contribution in [1.82, 2.24) is 4.90 Å². The Morgan fingerprint density at radius 1 is 1.18 bits per heavy atom. The van der Waals surface area contributed by atoms with Crippen LogP contribution in [0.15, 0.2) is 48.5 Å². The first-order chi connectivity index (χ1) is 10.6. The zero-order chi connectivity index (χ0) is 15.9. The molecular weight excluding hydrogens is 287 g/mol. The molecule has 6 heteroatoms. The van der Waals surface area contributed by atoms with E-state index >= 15 is 0 Å². The van der Waals surface area contributed by atoms with Gasteiger partial charge in [0.1, 0.15) is 6.61 Å². The summed E-state index contributed by atoms with van der Waals surface area (Å²) in [4.78, 5) is 12.2. The topological polar surface area (TPSA) is 55.6 Å². The minimum Gasteiger partial charge on any atom is -0.489 e. The molecule has 2 aromatic carbocycles. The minimum absolute atomic E-state index is 0.0780. The molecule has 0 aliphatic heterocycles. The van der Waals surface area contributed by atoms with Crippen LogP contribution in [0.25, 0.3) is 0 Å². The maximum absolute atomic E-state index is 13.4. The number of non-ortho nitro benzene ring substituents is 1. The summed E-state index contributed by atoms with van der Waals surface area (Å²) in [6.45, 7) is 1.62. The van der Waals surface area contributed by atoms with Crippen LogP contribution in [0.5, 0.6) is 5.75 Å². The van der Waals surface area contributed by atoms with Gasteiger partial charge in [0, 0.05) is 25.2 Å². The standard InChI is InChI=1S/C16H17FN2O3/c1-18(10-11-22-16-5-3-2-4-15(16)17)12-13-6-8-14(9-7-13)19(20)21/h2-9H,10-12H2,1H3. The summed E-state index contributed by atoms with van der Waals surface area (Å²) < 4.78 is 18.8. The number of nitro groups is 1. The average Bonchev–Trinajstić information content (AvgIpc) is 2.50. The molecule has 116 valence electrons. The van der Waals surface area contributed by atoms with Crippen LogP contribution < -0.4 is 4.74 Å². The largest absolute Gasteiger partial charge is 0.489 e. The first kappa shape index (κ1) is 15.9. The number of nitrogens with zero attached hydrogens (tertiary/aromatic N) is 2. The van der Waals surface area contributed by atoms with E-state index in [1.54, 1.807) is 30.3 Å². The van der Waals surface area contributed by atoms with E-state index in [-0.39, 0.29) is 17.3 Å². The molecule has 22 heavy (non-hydrogen) atoms. The van der Waals surface area contributed by atoms with Gasteiger partial charge in [-0.25, -0.2) is 4.39 Å². The molecule has 0 saturated heterocycles. The second-order valence-electron chi connectivity index (χ2n) is 4.94. The van der Waals surface area contributed by atoms with Crippen LogP contribution in [0.3, 0.4) is 0 Å². The van der Waals surface area contributed by atoms with Gasteiger partial charge >= 0.3 is 0 Å². The van der Waals surface area contributed by atoms with Crippen molar-refractivity contribution >= 4 is 5.69 Å². The Kier molecular flexibility index (Phi) is 5.43.